The lowest BCUT2D eigenvalue weighted by Gasteiger charge is -2.33. The van der Waals surface area contributed by atoms with Crippen molar-refractivity contribution in [3.8, 4) is 51.7 Å². The lowest BCUT2D eigenvalue weighted by atomic mass is 9.75. The molecule has 6 aromatic rings. The second kappa shape index (κ2) is 16.6. The predicted octanol–water partition coefficient (Wildman–Crippen LogP) is 8.53. The van der Waals surface area contributed by atoms with Gasteiger partial charge in [-0.25, -0.2) is 0 Å². The molecular weight excluding hydrogens is 781 g/mol. The van der Waals surface area contributed by atoms with Gasteiger partial charge in [-0.3, -0.25) is 14.4 Å². The van der Waals surface area contributed by atoms with E-state index in [9.17, 15) is 45.0 Å². The van der Waals surface area contributed by atoms with Crippen LogP contribution >= 0.6 is 0 Å². The summed E-state index contributed by atoms with van der Waals surface area (Å²) < 4.78 is 16.9. The van der Waals surface area contributed by atoms with E-state index in [1.807, 2.05) is 20.8 Å². The molecule has 3 atom stereocenters. The molecule has 0 fully saturated rings. The van der Waals surface area contributed by atoms with Crippen molar-refractivity contribution in [1.29, 1.82) is 0 Å². The number of carbonyl (C=O) groups is 3. The summed E-state index contributed by atoms with van der Waals surface area (Å²) in [5.74, 6) is 1.77. The van der Waals surface area contributed by atoms with Gasteiger partial charge < -0.3 is 44.8 Å². The summed E-state index contributed by atoms with van der Waals surface area (Å²) in [6, 6.07) is 33.2. The fourth-order valence-corrected chi connectivity index (χ4v) is 7.34. The second-order valence-corrected chi connectivity index (χ2v) is 15.5. The predicted molar refractivity (Wildman–Crippen MR) is 227 cm³/mol. The van der Waals surface area contributed by atoms with Gasteiger partial charge in [0.1, 0.15) is 71.6 Å². The van der Waals surface area contributed by atoms with Gasteiger partial charge in [-0.1, -0.05) is 43.8 Å². The van der Waals surface area contributed by atoms with Crippen molar-refractivity contribution in [1.82, 2.24) is 0 Å². The Morgan fingerprint density at radius 3 is 0.803 bits per heavy atom. The van der Waals surface area contributed by atoms with Gasteiger partial charge >= 0.3 is 0 Å². The van der Waals surface area contributed by atoms with Crippen molar-refractivity contribution in [2.24, 2.45) is 0 Å². The highest BCUT2D eigenvalue weighted by Crippen LogP contribution is 2.41. The summed E-state index contributed by atoms with van der Waals surface area (Å²) in [5.41, 5.74) is 1.38. The van der Waals surface area contributed by atoms with E-state index < -0.39 is 16.2 Å². The maximum atomic E-state index is 12.7. The number of ether oxygens (including phenoxy) is 3. The van der Waals surface area contributed by atoms with Crippen LogP contribution in [0.25, 0.3) is 0 Å². The van der Waals surface area contributed by atoms with E-state index in [0.29, 0.717) is 33.9 Å². The van der Waals surface area contributed by atoms with E-state index in [1.165, 1.54) is 36.4 Å². The van der Waals surface area contributed by atoms with Crippen LogP contribution in [-0.4, -0.2) is 67.8 Å². The van der Waals surface area contributed by atoms with Crippen molar-refractivity contribution in [3.63, 3.8) is 0 Å². The minimum atomic E-state index is -0.794. The van der Waals surface area contributed by atoms with Gasteiger partial charge in [0.25, 0.3) is 0 Å². The lowest BCUT2D eigenvalue weighted by Crippen LogP contribution is -2.42. The van der Waals surface area contributed by atoms with Crippen LogP contribution in [-0.2, 0) is 16.2 Å². The Kier molecular flexibility index (Phi) is 11.8. The zero-order valence-corrected chi connectivity index (χ0v) is 32.9. The Balaban J connectivity index is 0.000000152. The van der Waals surface area contributed by atoms with Crippen molar-refractivity contribution in [2.45, 2.75) is 44.4 Å². The average molecular weight is 827 g/mol. The summed E-state index contributed by atoms with van der Waals surface area (Å²) in [6.45, 7) is 6.06. The maximum Gasteiger partial charge on any atom is 0.180 e. The van der Waals surface area contributed by atoms with Crippen LogP contribution < -0.4 is 14.2 Å². The first-order valence-electron chi connectivity index (χ1n) is 18.9. The van der Waals surface area contributed by atoms with Crippen LogP contribution in [0, 0.1) is 0 Å². The van der Waals surface area contributed by atoms with Gasteiger partial charge in [0, 0.05) is 18.2 Å². The van der Waals surface area contributed by atoms with Crippen molar-refractivity contribution >= 4 is 17.3 Å². The molecule has 0 radical (unpaired) electrons. The van der Waals surface area contributed by atoms with E-state index in [4.69, 9.17) is 14.2 Å². The Morgan fingerprint density at radius 1 is 0.361 bits per heavy atom. The molecule has 6 aromatic carbocycles. The molecule has 314 valence electrons. The number of phenolic OH excluding ortho intramolecular Hbond substituents is 6. The highest BCUT2D eigenvalue weighted by Gasteiger charge is 2.44. The van der Waals surface area contributed by atoms with E-state index in [0.717, 1.165) is 16.7 Å². The van der Waals surface area contributed by atoms with Gasteiger partial charge in [-0.2, -0.15) is 0 Å². The molecule has 3 aliphatic heterocycles. The SMILES string of the molecule is C.CC1(c2ccc(O)cc2)COc2cc(O)ccc2C1=O.CC1(c2ccc(O)cc2)COc2cc(O)ccc2C1=O.CC1(c2ccc(O)cc2)COc2cc(O)ccc2C1=O. The number of fused-ring (bicyclic) bond motifs is 3. The topological polar surface area (TPSA) is 200 Å². The first kappa shape index (κ1) is 43.1. The first-order valence-corrected chi connectivity index (χ1v) is 18.9. The van der Waals surface area contributed by atoms with E-state index in [-0.39, 0.29) is 79.1 Å². The standard InChI is InChI=1S/3C16H14O4.CH4/c3*1-16(10-2-4-11(17)5-3-10)9-20-14-8-12(18)6-7-13(14)15(16)19;/h3*2-8,17-18H,9H2,1H3;1H4. The fraction of sp³-hybridized carbons (Fsp3) is 0.204. The maximum absolute atomic E-state index is 12.7. The summed E-state index contributed by atoms with van der Waals surface area (Å²) >= 11 is 0. The quantitative estimate of drug-likeness (QED) is 0.0995. The third-order valence-electron chi connectivity index (χ3n) is 11.2. The van der Waals surface area contributed by atoms with Crippen LogP contribution in [0.2, 0.25) is 0 Å². The smallest absolute Gasteiger partial charge is 0.180 e. The molecule has 12 nitrogen and oxygen atoms in total. The number of hydrogen-bond acceptors (Lipinski definition) is 12. The van der Waals surface area contributed by atoms with E-state index >= 15 is 0 Å². The Morgan fingerprint density at radius 2 is 0.574 bits per heavy atom. The molecule has 0 bridgehead atoms. The zero-order valence-electron chi connectivity index (χ0n) is 32.9. The fourth-order valence-electron chi connectivity index (χ4n) is 7.34. The van der Waals surface area contributed by atoms with Gasteiger partial charge in [-0.05, 0) is 110 Å². The molecule has 0 saturated heterocycles. The minimum absolute atomic E-state index is 0. The number of carbonyl (C=O) groups excluding carboxylic acids is 3. The van der Waals surface area contributed by atoms with Crippen LogP contribution in [0.15, 0.2) is 127 Å². The number of aromatic hydroxyl groups is 6. The van der Waals surface area contributed by atoms with Gasteiger partial charge in [0.2, 0.25) is 0 Å². The van der Waals surface area contributed by atoms with E-state index in [2.05, 4.69) is 0 Å². The molecule has 9 rings (SSSR count). The Bertz CT molecular complexity index is 2310. The molecule has 3 aliphatic rings. The number of Topliss-reactive ketones (excluding diaryl/α,β-unsaturated/α-hetero) is 3. The number of benzene rings is 6. The average Bonchev–Trinajstić information content (AvgIpc) is 3.23. The monoisotopic (exact) mass is 826 g/mol. The summed E-state index contributed by atoms with van der Waals surface area (Å²) in [6.07, 6.45) is 0. The normalized spacial score (nSPS) is 20.8. The van der Waals surface area contributed by atoms with Crippen molar-refractivity contribution in [3.05, 3.63) is 161 Å². The Hall–Kier alpha value is -7.47. The molecule has 12 heteroatoms. The van der Waals surface area contributed by atoms with Gasteiger partial charge in [0.15, 0.2) is 17.3 Å². The number of phenols is 6. The number of hydrogen-bond donors (Lipinski definition) is 6. The van der Waals surface area contributed by atoms with Crippen molar-refractivity contribution in [2.75, 3.05) is 19.8 Å². The molecule has 0 saturated carbocycles. The third kappa shape index (κ3) is 8.25. The molecule has 0 spiro atoms. The molecule has 6 N–H and O–H groups in total. The van der Waals surface area contributed by atoms with Crippen LogP contribution in [0.5, 0.6) is 51.7 Å². The molecule has 3 unspecified atom stereocenters. The van der Waals surface area contributed by atoms with Crippen LogP contribution in [0.1, 0.15) is 76.0 Å². The van der Waals surface area contributed by atoms with Crippen molar-refractivity contribution < 1.29 is 59.2 Å². The van der Waals surface area contributed by atoms with Gasteiger partial charge in [-0.15, -0.1) is 0 Å². The molecule has 3 heterocycles. The zero-order chi connectivity index (χ0) is 43.0. The largest absolute Gasteiger partial charge is 0.508 e. The highest BCUT2D eigenvalue weighted by molar-refractivity contribution is 6.08. The molecule has 0 amide bonds. The second-order valence-electron chi connectivity index (χ2n) is 15.5. The molecular formula is C49H46O12. The summed E-state index contributed by atoms with van der Waals surface area (Å²) in [5, 5.41) is 56.3. The first-order chi connectivity index (χ1) is 28.5. The van der Waals surface area contributed by atoms with Crippen LogP contribution in [0.4, 0.5) is 0 Å². The lowest BCUT2D eigenvalue weighted by molar-refractivity contribution is 0.0784. The third-order valence-corrected chi connectivity index (χ3v) is 11.2. The number of ketones is 3. The molecule has 61 heavy (non-hydrogen) atoms. The highest BCUT2D eigenvalue weighted by atomic mass is 16.5. The summed E-state index contributed by atoms with van der Waals surface area (Å²) in [4.78, 5) is 38.1. The summed E-state index contributed by atoms with van der Waals surface area (Å²) in [7, 11) is 0. The minimum Gasteiger partial charge on any atom is -0.508 e. The Labute approximate surface area is 352 Å². The van der Waals surface area contributed by atoms with Crippen LogP contribution in [0.3, 0.4) is 0 Å². The molecule has 0 aliphatic carbocycles. The molecule has 0 aromatic heterocycles. The van der Waals surface area contributed by atoms with E-state index in [1.54, 1.807) is 91.0 Å². The number of rotatable bonds is 3. The van der Waals surface area contributed by atoms with Gasteiger partial charge in [0.05, 0.1) is 32.9 Å².